The quantitative estimate of drug-likeness (QED) is 0.0391. The predicted molar refractivity (Wildman–Crippen MR) is 334 cm³/mol. The van der Waals surface area contributed by atoms with Crippen molar-refractivity contribution in [3.63, 3.8) is 0 Å². The number of nitrogens with two attached hydrogens (primary N) is 3. The number of thiazole rings is 2. The van der Waals surface area contributed by atoms with Crippen LogP contribution in [0.3, 0.4) is 0 Å². The highest BCUT2D eigenvalue weighted by Crippen LogP contribution is 2.47. The van der Waals surface area contributed by atoms with Crippen molar-refractivity contribution in [3.05, 3.63) is 102 Å². The lowest BCUT2D eigenvalue weighted by molar-refractivity contribution is 0.0817. The molecule has 428 valence electrons. The van der Waals surface area contributed by atoms with Crippen molar-refractivity contribution >= 4 is 128 Å². The number of carbonyl (C=O) groups excluding carboxylic acids is 2. The van der Waals surface area contributed by atoms with Gasteiger partial charge in [0, 0.05) is 37.2 Å². The van der Waals surface area contributed by atoms with Crippen LogP contribution < -0.4 is 21.3 Å². The average Bonchev–Trinajstić information content (AvgIpc) is 4.23. The zero-order chi connectivity index (χ0) is 57.8. The first-order valence-electron chi connectivity index (χ1n) is 27.0. The van der Waals surface area contributed by atoms with Crippen molar-refractivity contribution < 1.29 is 28.2 Å². The van der Waals surface area contributed by atoms with E-state index in [-0.39, 0.29) is 9.38 Å². The zero-order valence-electron chi connectivity index (χ0n) is 46.6. The first-order chi connectivity index (χ1) is 36.9. The van der Waals surface area contributed by atoms with Crippen LogP contribution >= 0.6 is 70.5 Å². The summed E-state index contributed by atoms with van der Waals surface area (Å²) >= 11 is 13.4. The largest absolute Gasteiger partial charge is 0.398 e. The molecule has 2 unspecified atom stereocenters. The molecule has 2 heterocycles. The van der Waals surface area contributed by atoms with Gasteiger partial charge in [-0.25, -0.2) is 38.3 Å². The van der Waals surface area contributed by atoms with E-state index < -0.39 is 45.3 Å². The third-order valence-electron chi connectivity index (χ3n) is 16.2. The molecular formula is C56H74Br3N9O6S4Si. The molecule has 9 N–H and O–H groups in total. The van der Waals surface area contributed by atoms with Crippen LogP contribution in [0, 0.1) is 0 Å². The van der Waals surface area contributed by atoms with Crippen molar-refractivity contribution in [1.29, 1.82) is 0 Å². The summed E-state index contributed by atoms with van der Waals surface area (Å²) in [5, 5.41) is 34.7. The van der Waals surface area contributed by atoms with Crippen LogP contribution in [0.15, 0.2) is 47.9 Å². The molecule has 0 saturated heterocycles. The number of anilines is 2. The molecule has 11 rings (SSSR count). The van der Waals surface area contributed by atoms with Crippen LogP contribution in [-0.2, 0) is 113 Å². The summed E-state index contributed by atoms with van der Waals surface area (Å²) in [6.45, 7) is 16.9. The number of aliphatic imine (C=N–C) groups is 1. The van der Waals surface area contributed by atoms with Gasteiger partial charge in [-0.1, -0.05) is 68.6 Å². The second-order valence-corrected chi connectivity index (χ2v) is 37.3. The first kappa shape index (κ1) is 62.0. The van der Waals surface area contributed by atoms with E-state index in [1.165, 1.54) is 133 Å². The number of halogens is 3. The molecule has 79 heavy (non-hydrogen) atoms. The van der Waals surface area contributed by atoms with Crippen molar-refractivity contribution in [2.24, 2.45) is 23.7 Å². The van der Waals surface area contributed by atoms with Crippen LogP contribution in [0.2, 0.25) is 18.1 Å². The molecule has 0 fully saturated rings. The highest BCUT2D eigenvalue weighted by molar-refractivity contribution is 9.11. The van der Waals surface area contributed by atoms with Gasteiger partial charge in [-0.2, -0.15) is 4.99 Å². The van der Waals surface area contributed by atoms with Gasteiger partial charge < -0.3 is 21.3 Å². The van der Waals surface area contributed by atoms with Gasteiger partial charge in [0.1, 0.15) is 0 Å². The van der Waals surface area contributed by atoms with Crippen LogP contribution in [0.1, 0.15) is 164 Å². The average molecular weight is 1370 g/mol. The second-order valence-electron chi connectivity index (χ2n) is 23.8. The number of isocyanates is 1. The van der Waals surface area contributed by atoms with E-state index >= 15 is 0 Å². The lowest BCUT2D eigenvalue weighted by Gasteiger charge is -2.32. The van der Waals surface area contributed by atoms with Crippen molar-refractivity contribution in [1.82, 2.24) is 9.97 Å². The van der Waals surface area contributed by atoms with E-state index in [1.807, 2.05) is 13.1 Å². The highest BCUT2D eigenvalue weighted by Gasteiger charge is 2.38. The van der Waals surface area contributed by atoms with E-state index in [4.69, 9.17) is 16.0 Å². The molecule has 23 heteroatoms. The molecule has 0 radical (unpaired) electrons. The Morgan fingerprint density at radius 3 is 1.29 bits per heavy atom. The number of urea groups is 1. The van der Waals surface area contributed by atoms with Gasteiger partial charge in [0.25, 0.3) is 0 Å². The Morgan fingerprint density at radius 2 is 0.937 bits per heavy atom. The number of benzene rings is 3. The zero-order valence-corrected chi connectivity index (χ0v) is 55.7. The number of nitrogen functional groups attached to an aromatic ring is 1. The molecule has 0 saturated carbocycles. The van der Waals surface area contributed by atoms with Gasteiger partial charge >= 0.3 is 6.03 Å². The number of rotatable bonds is 7. The lowest BCUT2D eigenvalue weighted by Crippen LogP contribution is -2.37. The minimum absolute atomic E-state index is 0.0241. The fourth-order valence-corrected chi connectivity index (χ4v) is 21.9. The van der Waals surface area contributed by atoms with E-state index in [0.717, 1.165) is 115 Å². The fourth-order valence-electron chi connectivity index (χ4n) is 11.2. The molecule has 6 aliphatic carbocycles. The number of hydrogen-bond donors (Lipinski definition) is 6. The van der Waals surface area contributed by atoms with Gasteiger partial charge in [0.2, 0.25) is 14.8 Å². The Balaban J connectivity index is 0.000000144. The third-order valence-corrected chi connectivity index (χ3v) is 31.4. The number of amides is 2. The Labute approximate surface area is 500 Å². The third kappa shape index (κ3) is 13.2. The molecule has 0 aliphatic heterocycles. The maximum Gasteiger partial charge on any atom is 0.354 e. The molecule has 2 aromatic heterocycles. The standard InChI is InChI=1S/C19H23BrN4O3S2.C13H12BrNO.C12H14BrN.C12H25N3O2S2Si/c1-19(2,26)14-9-22-18(28-14)29(21,27)24-17(25)23-16-12-7-3-5-10(12)15(20)11-6-4-8-13(11)16;14-12-8-3-1-5-10(8)13(15-7-16)11-6-2-4-9(11)12;13-11-7-3-1-5-9(7)12(14)10-6-2-4-8(10)11;1-11(2,3)20(6,7)15-19(13,17)10-14-8-9(18-10)12(4,5)16/h9,26H,3-8H2,1-2H3,(H3,21,23,24,25,27);1-6H2;1-6,14H2;8,16H,1-7H3,(H2,13,15,17). The SMILES string of the molecule is CC(C)(O)c1cnc(S(N)(=O)=NC(=O)Nc2c3c(c(Br)c4c2CCC4)CCC3)s1.CC(C)(O)c1cnc(S(N)(=O)=N[Si](C)(C)C(C)(C)C)s1.Nc1c2c(c(Br)c3c1CCC3)CCC2.O=C=Nc1c2c(c(Br)c3c1CCC3)CCC2. The fraction of sp³-hybridized carbons (Fsp3) is 0.536. The number of aromatic nitrogens is 2. The molecule has 2 atom stereocenters. The summed E-state index contributed by atoms with van der Waals surface area (Å²) < 4.78 is 38.0. The molecule has 3 aromatic carbocycles. The molecule has 15 nitrogen and oxygen atoms in total. The molecule has 0 spiro atoms. The van der Waals surface area contributed by atoms with Crippen molar-refractivity contribution in [2.45, 2.75) is 202 Å². The summed E-state index contributed by atoms with van der Waals surface area (Å²) in [5.74, 6) is 0. The monoisotopic (exact) mass is 1360 g/mol. The lowest BCUT2D eigenvalue weighted by atomic mass is 9.99. The normalized spacial score (nSPS) is 17.4. The van der Waals surface area contributed by atoms with Gasteiger partial charge in [-0.15, -0.1) is 27.0 Å². The number of nitrogens with zero attached hydrogens (tertiary/aromatic N) is 5. The number of nitrogens with one attached hydrogen (secondary N) is 1. The second kappa shape index (κ2) is 23.9. The Kier molecular flexibility index (Phi) is 18.8. The Hall–Kier alpha value is -3.03. The van der Waals surface area contributed by atoms with Gasteiger partial charge in [-0.05, 0) is 228 Å². The molecule has 2 amide bonds. The Bertz CT molecular complexity index is 3410. The summed E-state index contributed by atoms with van der Waals surface area (Å²) in [4.78, 5) is 36.5. The summed E-state index contributed by atoms with van der Waals surface area (Å²) in [6, 6.07) is -0.733. The molecule has 5 aromatic rings. The topological polar surface area (TPSA) is 262 Å². The van der Waals surface area contributed by atoms with E-state index in [1.54, 1.807) is 33.8 Å². The van der Waals surface area contributed by atoms with Crippen LogP contribution in [-0.4, -0.2) is 48.9 Å². The smallest absolute Gasteiger partial charge is 0.354 e. The number of aliphatic hydroxyl groups is 2. The maximum atomic E-state index is 12.9. The summed E-state index contributed by atoms with van der Waals surface area (Å²) in [5.41, 5.74) is 23.0. The van der Waals surface area contributed by atoms with Crippen molar-refractivity contribution in [2.75, 3.05) is 11.1 Å². The van der Waals surface area contributed by atoms with E-state index in [0.29, 0.717) is 14.1 Å². The van der Waals surface area contributed by atoms with Gasteiger partial charge in [0.15, 0.2) is 28.1 Å². The predicted octanol–water partition coefficient (Wildman–Crippen LogP) is 13.5. The minimum Gasteiger partial charge on any atom is -0.398 e. The number of carbonyl (C=O) groups is 1. The molecule has 0 bridgehead atoms. The molecule has 6 aliphatic rings. The number of fused-ring (bicyclic) bond motifs is 6. The Morgan fingerprint density at radius 1 is 0.608 bits per heavy atom. The summed E-state index contributed by atoms with van der Waals surface area (Å²) in [7, 11) is -8.64. The first-order valence-corrected chi connectivity index (χ1v) is 37.1. The van der Waals surface area contributed by atoms with Crippen LogP contribution in [0.5, 0.6) is 0 Å². The van der Waals surface area contributed by atoms with E-state index in [2.05, 4.69) is 97.2 Å². The molecular weight excluding hydrogens is 1290 g/mol. The van der Waals surface area contributed by atoms with Crippen LogP contribution in [0.4, 0.5) is 21.9 Å². The van der Waals surface area contributed by atoms with Gasteiger partial charge in [-0.3, -0.25) is 4.03 Å². The maximum absolute atomic E-state index is 12.9. The minimum atomic E-state index is -3.51. The summed E-state index contributed by atoms with van der Waals surface area (Å²) in [6.07, 6.45) is 24.6. The van der Waals surface area contributed by atoms with Crippen LogP contribution in [0.25, 0.3) is 0 Å². The van der Waals surface area contributed by atoms with Gasteiger partial charge in [0.05, 0.1) is 26.6 Å². The van der Waals surface area contributed by atoms with Crippen molar-refractivity contribution in [3.8, 4) is 0 Å². The van der Waals surface area contributed by atoms with E-state index in [9.17, 15) is 28.2 Å². The number of hydrogen-bond acceptors (Lipinski definition) is 13. The highest BCUT2D eigenvalue weighted by atomic mass is 79.9.